The molecule has 22 heavy (non-hydrogen) atoms. The van der Waals surface area contributed by atoms with Crippen LogP contribution in [0.3, 0.4) is 0 Å². The van der Waals surface area contributed by atoms with Crippen molar-refractivity contribution >= 4 is 27.5 Å². The van der Waals surface area contributed by atoms with Crippen molar-refractivity contribution in [3.05, 3.63) is 33.8 Å². The van der Waals surface area contributed by atoms with E-state index in [2.05, 4.69) is 28.9 Å². The molecule has 2 unspecified atom stereocenters. The topological polar surface area (TPSA) is 34.1 Å². The smallest absolute Gasteiger partial charge is 0.151 e. The summed E-state index contributed by atoms with van der Waals surface area (Å²) in [7, 11) is 0. The van der Waals surface area contributed by atoms with Crippen LogP contribution in [0, 0.1) is 23.7 Å². The minimum Gasteiger partial charge on any atom is -0.298 e. The van der Waals surface area contributed by atoms with Gasteiger partial charge in [0.25, 0.3) is 0 Å². The average molecular weight is 361 g/mol. The van der Waals surface area contributed by atoms with Gasteiger partial charge >= 0.3 is 0 Å². The Kier molecular flexibility index (Phi) is 3.52. The molecule has 4 aliphatic rings. The number of aryl methyl sites for hydroxylation is 1. The summed E-state index contributed by atoms with van der Waals surface area (Å²) < 4.78 is 0.957. The van der Waals surface area contributed by atoms with E-state index in [1.165, 1.54) is 0 Å². The second-order valence-corrected chi connectivity index (χ2v) is 8.08. The number of carbonyl (C=O) groups excluding carboxylic acids is 2. The minimum atomic E-state index is -0.497. The number of hydrogen-bond donors (Lipinski definition) is 0. The number of carbonyl (C=O) groups is 2. The van der Waals surface area contributed by atoms with Crippen LogP contribution in [0.5, 0.6) is 0 Å². The second kappa shape index (κ2) is 5.30. The van der Waals surface area contributed by atoms with Crippen LogP contribution in [0.1, 0.15) is 49.7 Å². The highest BCUT2D eigenvalue weighted by atomic mass is 79.9. The molecule has 0 heterocycles. The van der Waals surface area contributed by atoms with E-state index in [1.54, 1.807) is 0 Å². The Bertz CT molecular complexity index is 613. The number of ketones is 2. The van der Waals surface area contributed by atoms with E-state index < -0.39 is 5.92 Å². The number of halogens is 1. The zero-order chi connectivity index (χ0) is 15.4. The van der Waals surface area contributed by atoms with Crippen molar-refractivity contribution in [1.82, 2.24) is 0 Å². The fourth-order valence-electron chi connectivity index (χ4n) is 5.26. The molecule has 0 aromatic heterocycles. The molecule has 2 atom stereocenters. The van der Waals surface area contributed by atoms with Gasteiger partial charge in [0, 0.05) is 16.3 Å². The first-order valence-electron chi connectivity index (χ1n) is 8.47. The summed E-state index contributed by atoms with van der Waals surface area (Å²) in [5, 5.41) is 0. The van der Waals surface area contributed by atoms with Crippen LogP contribution in [-0.2, 0) is 16.0 Å². The van der Waals surface area contributed by atoms with Crippen LogP contribution in [-0.4, -0.2) is 11.6 Å². The van der Waals surface area contributed by atoms with E-state index in [0.717, 1.165) is 47.7 Å². The molecule has 1 aromatic rings. The maximum atomic E-state index is 13.1. The number of hydrogen-bond acceptors (Lipinski definition) is 2. The van der Waals surface area contributed by atoms with Crippen LogP contribution in [0.4, 0.5) is 0 Å². The van der Waals surface area contributed by atoms with Gasteiger partial charge in [-0.25, -0.2) is 0 Å². The summed E-state index contributed by atoms with van der Waals surface area (Å²) in [6, 6.07) is 6.05. The molecule has 4 saturated carbocycles. The molecule has 116 valence electrons. The minimum absolute atomic E-state index is 0.0219. The van der Waals surface area contributed by atoms with Crippen LogP contribution in [0.25, 0.3) is 0 Å². The Morgan fingerprint density at radius 3 is 2.05 bits per heavy atom. The molecule has 0 N–H and O–H groups in total. The highest BCUT2D eigenvalue weighted by molar-refractivity contribution is 9.10. The van der Waals surface area contributed by atoms with Crippen LogP contribution >= 0.6 is 15.9 Å². The fraction of sp³-hybridized carbons (Fsp3) is 0.579. The van der Waals surface area contributed by atoms with Crippen molar-refractivity contribution in [3.63, 3.8) is 0 Å². The van der Waals surface area contributed by atoms with Crippen molar-refractivity contribution in [3.8, 4) is 0 Å². The van der Waals surface area contributed by atoms with Crippen molar-refractivity contribution < 1.29 is 9.59 Å². The van der Waals surface area contributed by atoms with E-state index in [4.69, 9.17) is 0 Å². The van der Waals surface area contributed by atoms with E-state index in [1.807, 2.05) is 12.1 Å². The molecule has 5 rings (SSSR count). The Balaban J connectivity index is 1.79. The van der Waals surface area contributed by atoms with Gasteiger partial charge in [-0.2, -0.15) is 0 Å². The lowest BCUT2D eigenvalue weighted by Crippen LogP contribution is -2.41. The SMILES string of the molecule is CCc1ccc(Br)cc1C1C(=O)C2C3CCC(CC3)C2C1=O. The zero-order valence-corrected chi connectivity index (χ0v) is 14.4. The van der Waals surface area contributed by atoms with Crippen molar-refractivity contribution in [2.45, 2.75) is 44.9 Å². The summed E-state index contributed by atoms with van der Waals surface area (Å²) in [6.45, 7) is 2.09. The molecule has 2 nitrogen and oxygen atoms in total. The van der Waals surface area contributed by atoms with E-state index in [9.17, 15) is 9.59 Å². The van der Waals surface area contributed by atoms with E-state index in [-0.39, 0.29) is 23.4 Å². The molecule has 0 saturated heterocycles. The number of Topliss-reactive ketones (excluding diaryl/α,β-unsaturated/α-hetero) is 2. The predicted molar refractivity (Wildman–Crippen MR) is 88.7 cm³/mol. The quantitative estimate of drug-likeness (QED) is 0.736. The third-order valence-electron chi connectivity index (χ3n) is 6.25. The standard InChI is InChI=1S/C19H21BrO2/c1-2-10-7-8-13(20)9-14(10)17-18(21)15-11-3-4-12(6-5-11)16(15)19(17)22/h7-9,11-12,15-17H,2-6H2,1H3. The van der Waals surface area contributed by atoms with Gasteiger partial charge < -0.3 is 0 Å². The van der Waals surface area contributed by atoms with Gasteiger partial charge in [0.15, 0.2) is 11.6 Å². The first-order valence-corrected chi connectivity index (χ1v) is 9.27. The second-order valence-electron chi connectivity index (χ2n) is 7.16. The monoisotopic (exact) mass is 360 g/mol. The zero-order valence-electron chi connectivity index (χ0n) is 12.8. The van der Waals surface area contributed by atoms with Crippen molar-refractivity contribution in [2.75, 3.05) is 0 Å². The Labute approximate surface area is 139 Å². The number of benzene rings is 1. The van der Waals surface area contributed by atoms with Crippen LogP contribution in [0.2, 0.25) is 0 Å². The molecular formula is C19H21BrO2. The normalized spacial score (nSPS) is 36.7. The Morgan fingerprint density at radius 2 is 1.55 bits per heavy atom. The molecule has 2 bridgehead atoms. The summed E-state index contributed by atoms with van der Waals surface area (Å²) >= 11 is 3.50. The summed E-state index contributed by atoms with van der Waals surface area (Å²) in [4.78, 5) is 26.2. The predicted octanol–water partition coefficient (Wildman–Crippen LogP) is 4.30. The maximum Gasteiger partial charge on any atom is 0.151 e. The molecule has 0 aliphatic heterocycles. The van der Waals surface area contributed by atoms with Crippen LogP contribution < -0.4 is 0 Å². The Hall–Kier alpha value is -0.960. The van der Waals surface area contributed by atoms with Gasteiger partial charge in [0.1, 0.15) is 5.92 Å². The largest absolute Gasteiger partial charge is 0.298 e. The van der Waals surface area contributed by atoms with Gasteiger partial charge in [-0.3, -0.25) is 9.59 Å². The van der Waals surface area contributed by atoms with E-state index in [0.29, 0.717) is 11.8 Å². The molecular weight excluding hydrogens is 340 g/mol. The molecule has 0 spiro atoms. The lowest BCUT2D eigenvalue weighted by atomic mass is 9.59. The lowest BCUT2D eigenvalue weighted by Gasteiger charge is -2.43. The maximum absolute atomic E-state index is 13.1. The molecule has 0 radical (unpaired) electrons. The molecule has 0 amide bonds. The summed E-state index contributed by atoms with van der Waals surface area (Å²) in [5.74, 6) is 0.919. The third kappa shape index (κ3) is 1.97. The average Bonchev–Trinajstić information content (AvgIpc) is 2.82. The van der Waals surface area contributed by atoms with Gasteiger partial charge in [-0.1, -0.05) is 28.9 Å². The van der Waals surface area contributed by atoms with Crippen molar-refractivity contribution in [1.29, 1.82) is 0 Å². The van der Waals surface area contributed by atoms with Gasteiger partial charge in [0.2, 0.25) is 0 Å². The molecule has 4 aliphatic carbocycles. The Morgan fingerprint density at radius 1 is 1.00 bits per heavy atom. The number of fused-ring (bicyclic) bond motifs is 2. The van der Waals surface area contributed by atoms with Gasteiger partial charge in [-0.05, 0) is 67.2 Å². The molecule has 3 heteroatoms. The summed E-state index contributed by atoms with van der Waals surface area (Å²) in [6.07, 6.45) is 5.46. The highest BCUT2D eigenvalue weighted by Crippen LogP contribution is 2.56. The first-order chi connectivity index (χ1) is 10.6. The van der Waals surface area contributed by atoms with E-state index >= 15 is 0 Å². The first kappa shape index (κ1) is 14.6. The lowest BCUT2D eigenvalue weighted by molar-refractivity contribution is -0.129. The molecule has 1 aromatic carbocycles. The van der Waals surface area contributed by atoms with Gasteiger partial charge in [0.05, 0.1) is 0 Å². The van der Waals surface area contributed by atoms with Crippen molar-refractivity contribution in [2.24, 2.45) is 23.7 Å². The third-order valence-corrected chi connectivity index (χ3v) is 6.74. The van der Waals surface area contributed by atoms with Gasteiger partial charge in [-0.15, -0.1) is 0 Å². The molecule has 4 fully saturated rings. The summed E-state index contributed by atoms with van der Waals surface area (Å²) in [5.41, 5.74) is 2.10. The highest BCUT2D eigenvalue weighted by Gasteiger charge is 2.58. The number of rotatable bonds is 2. The van der Waals surface area contributed by atoms with Crippen LogP contribution in [0.15, 0.2) is 22.7 Å². The fourth-order valence-corrected chi connectivity index (χ4v) is 5.64.